The van der Waals surface area contributed by atoms with Crippen LogP contribution in [-0.4, -0.2) is 0 Å². The maximum Gasteiger partial charge on any atom is 0.0309 e. The Morgan fingerprint density at radius 2 is 2.06 bits per heavy atom. The van der Waals surface area contributed by atoms with Gasteiger partial charge < -0.3 is 11.1 Å². The highest BCUT2D eigenvalue weighted by Gasteiger charge is 1.98. The van der Waals surface area contributed by atoms with Gasteiger partial charge in [0, 0.05) is 17.1 Å². The molecular weight excluding hydrogens is 196 g/mol. The number of hydrogen-bond acceptors (Lipinski definition) is 2. The molecule has 2 nitrogen and oxygen atoms in total. The zero-order valence-corrected chi connectivity index (χ0v) is 10.3. The van der Waals surface area contributed by atoms with Crippen LogP contribution in [0.15, 0.2) is 60.6 Å². The Morgan fingerprint density at radius 1 is 1.38 bits per heavy atom. The molecule has 1 aliphatic rings. The Bertz CT molecular complexity index is 320. The van der Waals surface area contributed by atoms with Crippen LogP contribution < -0.4 is 11.1 Å². The molecule has 0 aromatic heterocycles. The molecule has 2 heteroatoms. The molecule has 1 rings (SSSR count). The van der Waals surface area contributed by atoms with Gasteiger partial charge >= 0.3 is 0 Å². The predicted molar refractivity (Wildman–Crippen MR) is 72.5 cm³/mol. The fourth-order valence-corrected chi connectivity index (χ4v) is 1.16. The van der Waals surface area contributed by atoms with Gasteiger partial charge in [0.1, 0.15) is 0 Å². The Balaban J connectivity index is 0.00000106. The zero-order valence-electron chi connectivity index (χ0n) is 10.3. The largest absolute Gasteiger partial charge is 0.399 e. The van der Waals surface area contributed by atoms with Crippen molar-refractivity contribution >= 4 is 0 Å². The van der Waals surface area contributed by atoms with E-state index in [1.54, 1.807) is 6.08 Å². The average Bonchev–Trinajstić information content (AvgIpc) is 2.30. The molecule has 1 aliphatic carbocycles. The van der Waals surface area contributed by atoms with E-state index in [4.69, 9.17) is 5.73 Å². The lowest BCUT2D eigenvalue weighted by Crippen LogP contribution is -2.11. The molecule has 0 aromatic carbocycles. The first-order valence-corrected chi connectivity index (χ1v) is 5.62. The van der Waals surface area contributed by atoms with Gasteiger partial charge in [0.25, 0.3) is 0 Å². The molecule has 3 N–H and O–H groups in total. The van der Waals surface area contributed by atoms with Crippen molar-refractivity contribution in [1.82, 2.24) is 5.32 Å². The molecule has 0 saturated carbocycles. The average molecular weight is 218 g/mol. The van der Waals surface area contributed by atoms with Crippen LogP contribution in [0.5, 0.6) is 0 Å². The molecule has 0 unspecified atom stereocenters. The predicted octanol–water partition coefficient (Wildman–Crippen LogP) is 3.38. The van der Waals surface area contributed by atoms with E-state index in [1.807, 2.05) is 26.0 Å². The van der Waals surface area contributed by atoms with Crippen LogP contribution in [-0.2, 0) is 0 Å². The lowest BCUT2D eigenvalue weighted by molar-refractivity contribution is 0.852. The van der Waals surface area contributed by atoms with Crippen LogP contribution in [0, 0.1) is 0 Å². The minimum Gasteiger partial charge on any atom is -0.399 e. The van der Waals surface area contributed by atoms with Gasteiger partial charge in [-0.3, -0.25) is 0 Å². The van der Waals surface area contributed by atoms with Crippen molar-refractivity contribution in [3.63, 3.8) is 0 Å². The van der Waals surface area contributed by atoms with Crippen molar-refractivity contribution in [2.45, 2.75) is 26.7 Å². The normalized spacial score (nSPS) is 13.8. The molecule has 88 valence electrons. The van der Waals surface area contributed by atoms with Gasteiger partial charge in [0.15, 0.2) is 0 Å². The van der Waals surface area contributed by atoms with Crippen molar-refractivity contribution in [1.29, 1.82) is 0 Å². The van der Waals surface area contributed by atoms with Crippen molar-refractivity contribution in [3.05, 3.63) is 60.6 Å². The fourth-order valence-electron chi connectivity index (χ4n) is 1.16. The van der Waals surface area contributed by atoms with E-state index in [1.165, 1.54) is 5.70 Å². The maximum absolute atomic E-state index is 5.40. The summed E-state index contributed by atoms with van der Waals surface area (Å²) in [6.07, 6.45) is 11.9. The second kappa shape index (κ2) is 8.60. The van der Waals surface area contributed by atoms with Crippen LogP contribution in [0.25, 0.3) is 0 Å². The number of hydrogen-bond donors (Lipinski definition) is 2. The lowest BCUT2D eigenvalue weighted by atomic mass is 10.1. The minimum absolute atomic E-state index is 0.533. The Morgan fingerprint density at radius 3 is 2.56 bits per heavy atom. The van der Waals surface area contributed by atoms with Crippen LogP contribution in [0.2, 0.25) is 0 Å². The van der Waals surface area contributed by atoms with Gasteiger partial charge in [0.2, 0.25) is 0 Å². The van der Waals surface area contributed by atoms with E-state index in [0.29, 0.717) is 5.70 Å². The number of nitrogens with two attached hydrogens (primary N) is 1. The summed E-state index contributed by atoms with van der Waals surface area (Å²) in [5, 5.41) is 3.21. The standard InChI is InChI=1S/C12H16N2.C2H6/c1-10(13)8-9-11(2)14-12-6-4-3-5-7-12;1-2/h3-4,6,8-9,14H,1-2,5,7,13H2;1-2H3/b9-8-;. The van der Waals surface area contributed by atoms with Gasteiger partial charge in [-0.15, -0.1) is 0 Å². The van der Waals surface area contributed by atoms with Crippen LogP contribution in [0.1, 0.15) is 26.7 Å². The summed E-state index contributed by atoms with van der Waals surface area (Å²) in [6.45, 7) is 11.4. The summed E-state index contributed by atoms with van der Waals surface area (Å²) in [7, 11) is 0. The maximum atomic E-state index is 5.40. The first kappa shape index (κ1) is 14.3. The molecule has 0 aliphatic heterocycles. The molecule has 0 aromatic rings. The Labute approximate surface area is 98.9 Å². The molecule has 0 atom stereocenters. The highest BCUT2D eigenvalue weighted by atomic mass is 14.9. The second-order valence-electron chi connectivity index (χ2n) is 3.22. The van der Waals surface area contributed by atoms with Crippen molar-refractivity contribution in [2.75, 3.05) is 0 Å². The van der Waals surface area contributed by atoms with Crippen molar-refractivity contribution in [2.24, 2.45) is 5.73 Å². The summed E-state index contributed by atoms with van der Waals surface area (Å²) >= 11 is 0. The number of rotatable bonds is 4. The van der Waals surface area contributed by atoms with E-state index in [-0.39, 0.29) is 0 Å². The van der Waals surface area contributed by atoms with Gasteiger partial charge in [0.05, 0.1) is 0 Å². The molecule has 16 heavy (non-hydrogen) atoms. The Kier molecular flexibility index (Phi) is 7.68. The quantitative estimate of drug-likeness (QED) is 0.710. The molecule has 0 spiro atoms. The zero-order chi connectivity index (χ0) is 12.4. The molecule has 0 fully saturated rings. The Hall–Kier alpha value is -1.70. The molecule has 0 radical (unpaired) electrons. The number of allylic oxidation sites excluding steroid dienone is 6. The minimum atomic E-state index is 0.533. The van der Waals surface area contributed by atoms with Gasteiger partial charge in [-0.25, -0.2) is 0 Å². The topological polar surface area (TPSA) is 38.0 Å². The third-order valence-electron chi connectivity index (χ3n) is 1.83. The number of nitrogens with one attached hydrogen (secondary N) is 1. The van der Waals surface area contributed by atoms with Crippen LogP contribution >= 0.6 is 0 Å². The lowest BCUT2D eigenvalue weighted by Gasteiger charge is -2.11. The third kappa shape index (κ3) is 6.71. The van der Waals surface area contributed by atoms with E-state index in [2.05, 4.69) is 30.6 Å². The molecule has 0 amide bonds. The van der Waals surface area contributed by atoms with Crippen molar-refractivity contribution in [3.8, 4) is 0 Å². The first-order valence-electron chi connectivity index (χ1n) is 5.62. The van der Waals surface area contributed by atoms with Crippen LogP contribution in [0.4, 0.5) is 0 Å². The summed E-state index contributed by atoms with van der Waals surface area (Å²) in [5.41, 5.74) is 7.95. The summed E-state index contributed by atoms with van der Waals surface area (Å²) in [5.74, 6) is 0. The summed E-state index contributed by atoms with van der Waals surface area (Å²) in [4.78, 5) is 0. The SMILES string of the molecule is C=C(N)/C=C\C(=C)NC1=CC=CCC1.CC. The van der Waals surface area contributed by atoms with Gasteiger partial charge in [-0.1, -0.05) is 39.2 Å². The molecular formula is C14H22N2. The smallest absolute Gasteiger partial charge is 0.0309 e. The van der Waals surface area contributed by atoms with E-state index >= 15 is 0 Å². The third-order valence-corrected chi connectivity index (χ3v) is 1.83. The first-order chi connectivity index (χ1) is 7.68. The van der Waals surface area contributed by atoms with Gasteiger partial charge in [-0.2, -0.15) is 0 Å². The fraction of sp³-hybridized carbons (Fsp3) is 0.286. The van der Waals surface area contributed by atoms with Gasteiger partial charge in [-0.05, 0) is 31.1 Å². The molecule has 0 heterocycles. The highest BCUT2D eigenvalue weighted by Crippen LogP contribution is 2.10. The monoisotopic (exact) mass is 218 g/mol. The highest BCUT2D eigenvalue weighted by molar-refractivity contribution is 5.26. The summed E-state index contributed by atoms with van der Waals surface area (Å²) < 4.78 is 0. The molecule has 0 bridgehead atoms. The van der Waals surface area contributed by atoms with Crippen LogP contribution in [0.3, 0.4) is 0 Å². The summed E-state index contributed by atoms with van der Waals surface area (Å²) in [6, 6.07) is 0. The van der Waals surface area contributed by atoms with E-state index < -0.39 is 0 Å². The van der Waals surface area contributed by atoms with E-state index in [9.17, 15) is 0 Å². The van der Waals surface area contributed by atoms with Crippen molar-refractivity contribution < 1.29 is 0 Å². The molecule has 0 saturated heterocycles. The second-order valence-corrected chi connectivity index (χ2v) is 3.22. The van der Waals surface area contributed by atoms with E-state index in [0.717, 1.165) is 18.5 Å².